The molecular weight excluding hydrogens is 583 g/mol. The fraction of sp³-hybridized carbons (Fsp3) is 0.0222. The molecule has 2 N–H and O–H groups in total. The van der Waals surface area contributed by atoms with E-state index in [1.807, 2.05) is 48.5 Å². The SMILES string of the molecule is [C-]#[N+]c1ccc(-c2cccc(-c3cc4c5ccccc5c(-c5cccc(C(N)=NCc6ccccc6)c5)cc4c4ccccc34)c2)cc1. The van der Waals surface area contributed by atoms with Gasteiger partial charge in [-0.25, -0.2) is 4.85 Å². The summed E-state index contributed by atoms with van der Waals surface area (Å²) in [6.07, 6.45) is 0. The van der Waals surface area contributed by atoms with E-state index in [0.717, 1.165) is 33.4 Å². The largest absolute Gasteiger partial charge is 0.383 e. The molecule has 0 heterocycles. The van der Waals surface area contributed by atoms with Crippen LogP contribution in [0, 0.1) is 6.57 Å². The van der Waals surface area contributed by atoms with E-state index in [1.54, 1.807) is 0 Å². The van der Waals surface area contributed by atoms with Crippen molar-refractivity contribution in [3.8, 4) is 33.4 Å². The van der Waals surface area contributed by atoms with Crippen molar-refractivity contribution in [2.24, 2.45) is 10.7 Å². The number of amidine groups is 1. The molecular formula is C45H31N3. The van der Waals surface area contributed by atoms with Crippen molar-refractivity contribution >= 4 is 43.8 Å². The molecule has 0 unspecified atom stereocenters. The molecule has 0 saturated carbocycles. The van der Waals surface area contributed by atoms with Gasteiger partial charge < -0.3 is 5.73 Å². The average molecular weight is 614 g/mol. The molecule has 3 heteroatoms. The molecule has 8 aromatic carbocycles. The molecule has 8 rings (SSSR count). The molecule has 0 bridgehead atoms. The highest BCUT2D eigenvalue weighted by Gasteiger charge is 2.15. The molecule has 0 saturated heterocycles. The molecule has 0 fully saturated rings. The van der Waals surface area contributed by atoms with Crippen LogP contribution in [0.2, 0.25) is 0 Å². The molecule has 0 spiro atoms. The minimum atomic E-state index is 0.533. The Morgan fingerprint density at radius 1 is 0.479 bits per heavy atom. The number of aliphatic imine (C=N–C) groups is 1. The Kier molecular flexibility index (Phi) is 7.45. The average Bonchev–Trinajstić information content (AvgIpc) is 3.16. The molecule has 0 amide bonds. The summed E-state index contributed by atoms with van der Waals surface area (Å²) in [5.41, 5.74) is 16.1. The van der Waals surface area contributed by atoms with Crippen LogP contribution in [0.3, 0.4) is 0 Å². The van der Waals surface area contributed by atoms with E-state index in [-0.39, 0.29) is 0 Å². The van der Waals surface area contributed by atoms with E-state index in [9.17, 15) is 0 Å². The van der Waals surface area contributed by atoms with Gasteiger partial charge in [-0.1, -0.05) is 140 Å². The fourth-order valence-electron chi connectivity index (χ4n) is 6.72. The van der Waals surface area contributed by atoms with Crippen LogP contribution in [-0.2, 0) is 6.54 Å². The second-order valence-corrected chi connectivity index (χ2v) is 12.0. The Hall–Kier alpha value is -6.50. The number of nitrogens with zero attached hydrogens (tertiary/aromatic N) is 2. The summed E-state index contributed by atoms with van der Waals surface area (Å²) in [6.45, 7) is 7.85. The van der Waals surface area contributed by atoms with Crippen LogP contribution in [0.25, 0.3) is 70.5 Å². The van der Waals surface area contributed by atoms with Crippen LogP contribution in [0.4, 0.5) is 5.69 Å². The summed E-state index contributed by atoms with van der Waals surface area (Å²) in [4.78, 5) is 8.26. The lowest BCUT2D eigenvalue weighted by Gasteiger charge is -2.17. The quantitative estimate of drug-likeness (QED) is 0.0862. The monoisotopic (exact) mass is 613 g/mol. The highest BCUT2D eigenvalue weighted by molar-refractivity contribution is 6.24. The molecule has 0 radical (unpaired) electrons. The smallest absolute Gasteiger partial charge is 0.187 e. The zero-order valence-corrected chi connectivity index (χ0v) is 26.3. The zero-order valence-electron chi connectivity index (χ0n) is 26.3. The summed E-state index contributed by atoms with van der Waals surface area (Å²) in [6, 6.07) is 57.2. The summed E-state index contributed by atoms with van der Waals surface area (Å²) in [5.74, 6) is 0.533. The molecule has 8 aromatic rings. The summed E-state index contributed by atoms with van der Waals surface area (Å²) >= 11 is 0. The first-order chi connectivity index (χ1) is 23.7. The first kappa shape index (κ1) is 28.9. The van der Waals surface area contributed by atoms with E-state index in [0.29, 0.717) is 18.1 Å². The van der Waals surface area contributed by atoms with Crippen molar-refractivity contribution in [3.63, 3.8) is 0 Å². The number of benzene rings is 8. The molecule has 0 aliphatic carbocycles. The summed E-state index contributed by atoms with van der Waals surface area (Å²) in [7, 11) is 0. The second kappa shape index (κ2) is 12.4. The van der Waals surface area contributed by atoms with E-state index >= 15 is 0 Å². The predicted octanol–water partition coefficient (Wildman–Crippen LogP) is 11.6. The van der Waals surface area contributed by atoms with Gasteiger partial charge in [0.2, 0.25) is 0 Å². The lowest BCUT2D eigenvalue weighted by molar-refractivity contribution is 1.06. The number of hydrogen-bond acceptors (Lipinski definition) is 1. The molecule has 0 atom stereocenters. The third-order valence-corrected chi connectivity index (χ3v) is 9.13. The highest BCUT2D eigenvalue weighted by Crippen LogP contribution is 2.42. The Morgan fingerprint density at radius 2 is 1.02 bits per heavy atom. The maximum absolute atomic E-state index is 7.31. The van der Waals surface area contributed by atoms with Crippen molar-refractivity contribution in [3.05, 3.63) is 186 Å². The van der Waals surface area contributed by atoms with Gasteiger partial charge in [0.05, 0.1) is 13.1 Å². The number of fused-ring (bicyclic) bond motifs is 5. The van der Waals surface area contributed by atoms with Gasteiger partial charge in [-0.2, -0.15) is 0 Å². The molecule has 226 valence electrons. The number of hydrogen-bond donors (Lipinski definition) is 1. The fourth-order valence-corrected chi connectivity index (χ4v) is 6.72. The van der Waals surface area contributed by atoms with Crippen molar-refractivity contribution in [2.45, 2.75) is 6.54 Å². The maximum atomic E-state index is 7.31. The number of nitrogens with two attached hydrogens (primary N) is 1. The van der Waals surface area contributed by atoms with Gasteiger partial charge in [0, 0.05) is 5.56 Å². The first-order valence-electron chi connectivity index (χ1n) is 16.1. The van der Waals surface area contributed by atoms with Crippen molar-refractivity contribution in [1.29, 1.82) is 0 Å². The Balaban J connectivity index is 1.28. The van der Waals surface area contributed by atoms with Crippen LogP contribution in [0.15, 0.2) is 169 Å². The van der Waals surface area contributed by atoms with Gasteiger partial charge in [-0.15, -0.1) is 0 Å². The van der Waals surface area contributed by atoms with Gasteiger partial charge in [0.25, 0.3) is 0 Å². The number of rotatable bonds is 6. The Morgan fingerprint density at radius 3 is 1.65 bits per heavy atom. The lowest BCUT2D eigenvalue weighted by atomic mass is 9.87. The Bertz CT molecular complexity index is 2540. The lowest BCUT2D eigenvalue weighted by Crippen LogP contribution is -2.13. The van der Waals surface area contributed by atoms with Crippen LogP contribution in [0.5, 0.6) is 0 Å². The van der Waals surface area contributed by atoms with Crippen molar-refractivity contribution in [1.82, 2.24) is 0 Å². The van der Waals surface area contributed by atoms with Gasteiger partial charge in [-0.3, -0.25) is 4.99 Å². The zero-order chi connectivity index (χ0) is 32.5. The van der Waals surface area contributed by atoms with Crippen LogP contribution in [-0.4, -0.2) is 5.84 Å². The topological polar surface area (TPSA) is 42.7 Å². The third-order valence-electron chi connectivity index (χ3n) is 9.13. The van der Waals surface area contributed by atoms with E-state index in [1.165, 1.54) is 43.4 Å². The standard InChI is InChI=1S/C45H31N3/c1-47-36-23-21-31(22-24-36)32-13-9-14-33(25-32)41-27-43-40-20-8-6-18-38(40)42(28-44(43)39-19-7-5-17-37(39)41)34-15-10-16-35(26-34)45(46)48-29-30-11-3-2-4-12-30/h2-28H,29H2,(H2,46,48). The molecule has 0 aliphatic rings. The minimum Gasteiger partial charge on any atom is -0.383 e. The third kappa shape index (κ3) is 5.36. The van der Waals surface area contributed by atoms with Crippen LogP contribution >= 0.6 is 0 Å². The highest BCUT2D eigenvalue weighted by atomic mass is 14.8. The van der Waals surface area contributed by atoms with E-state index in [4.69, 9.17) is 17.3 Å². The molecule has 0 aromatic heterocycles. The maximum Gasteiger partial charge on any atom is 0.187 e. The minimum absolute atomic E-state index is 0.533. The van der Waals surface area contributed by atoms with Gasteiger partial charge in [0.1, 0.15) is 5.84 Å². The van der Waals surface area contributed by atoms with Gasteiger partial charge in [-0.05, 0) is 95.5 Å². The normalized spacial score (nSPS) is 11.6. The second-order valence-electron chi connectivity index (χ2n) is 12.0. The van der Waals surface area contributed by atoms with Crippen LogP contribution in [0.1, 0.15) is 11.1 Å². The molecule has 48 heavy (non-hydrogen) atoms. The Labute approximate surface area is 280 Å². The van der Waals surface area contributed by atoms with E-state index < -0.39 is 0 Å². The van der Waals surface area contributed by atoms with Crippen molar-refractivity contribution < 1.29 is 0 Å². The van der Waals surface area contributed by atoms with Gasteiger partial charge >= 0.3 is 0 Å². The van der Waals surface area contributed by atoms with E-state index in [2.05, 4.69) is 120 Å². The summed E-state index contributed by atoms with van der Waals surface area (Å²) < 4.78 is 0. The van der Waals surface area contributed by atoms with Gasteiger partial charge in [0.15, 0.2) is 5.69 Å². The summed E-state index contributed by atoms with van der Waals surface area (Å²) in [5, 5.41) is 7.25. The molecule has 3 nitrogen and oxygen atoms in total. The first-order valence-corrected chi connectivity index (χ1v) is 16.1. The molecule has 0 aliphatic heterocycles. The van der Waals surface area contributed by atoms with Crippen molar-refractivity contribution in [2.75, 3.05) is 0 Å². The van der Waals surface area contributed by atoms with Crippen LogP contribution < -0.4 is 5.73 Å². The predicted molar refractivity (Wildman–Crippen MR) is 202 cm³/mol.